The summed E-state index contributed by atoms with van der Waals surface area (Å²) in [6.07, 6.45) is 18.7. The van der Waals surface area contributed by atoms with Gasteiger partial charge in [0.2, 0.25) is 0 Å². The van der Waals surface area contributed by atoms with E-state index in [1.165, 1.54) is 59.6 Å². The minimum Gasteiger partial charge on any atom is -0.116 e. The zero-order valence-corrected chi connectivity index (χ0v) is 21.7. The van der Waals surface area contributed by atoms with Gasteiger partial charge in [-0.2, -0.15) is 0 Å². The van der Waals surface area contributed by atoms with E-state index in [0.717, 1.165) is 0 Å². The molecule has 0 aromatic carbocycles. The highest BCUT2D eigenvalue weighted by atomic mass is 32.3. The van der Waals surface area contributed by atoms with E-state index in [0.29, 0.717) is 0 Å². The van der Waals surface area contributed by atoms with Crippen molar-refractivity contribution < 1.29 is 0 Å². The highest BCUT2D eigenvalue weighted by Crippen LogP contribution is 2.62. The first-order valence-corrected chi connectivity index (χ1v) is 16.5. The Morgan fingerprint density at radius 2 is 0.759 bits per heavy atom. The summed E-state index contributed by atoms with van der Waals surface area (Å²) in [4.78, 5) is 0. The third-order valence-electron chi connectivity index (χ3n) is 4.85. The average molecular weight is 525 g/mol. The van der Waals surface area contributed by atoms with Crippen molar-refractivity contribution in [1.82, 2.24) is 0 Å². The number of rotatable bonds is 0. The largest absolute Gasteiger partial charge is 0.116 e. The highest BCUT2D eigenvalue weighted by molar-refractivity contribution is 8.42. The second-order valence-electron chi connectivity index (χ2n) is 6.77. The highest BCUT2D eigenvalue weighted by Gasteiger charge is 2.30. The molecule has 0 atom stereocenters. The summed E-state index contributed by atoms with van der Waals surface area (Å²) >= 11 is 16.0. The second-order valence-corrected chi connectivity index (χ2v) is 16.8. The number of allylic oxidation sites excluding steroid dienone is 10. The van der Waals surface area contributed by atoms with Gasteiger partial charge in [-0.3, -0.25) is 0 Å². The maximum Gasteiger partial charge on any atom is 0.0660 e. The molecule has 1 spiro atoms. The van der Waals surface area contributed by atoms with Gasteiger partial charge in [0.15, 0.2) is 0 Å². The van der Waals surface area contributed by atoms with Gasteiger partial charge < -0.3 is 0 Å². The van der Waals surface area contributed by atoms with Crippen LogP contribution < -0.4 is 0 Å². The summed E-state index contributed by atoms with van der Waals surface area (Å²) in [5.41, 5.74) is 2.66. The lowest BCUT2D eigenvalue weighted by atomic mass is 9.79. The fourth-order valence-electron chi connectivity index (χ4n) is 3.32. The van der Waals surface area contributed by atoms with Gasteiger partial charge in [0, 0.05) is 28.4 Å². The Bertz CT molecular complexity index is 860. The predicted octanol–water partition coefficient (Wildman–Crippen LogP) is 8.82. The van der Waals surface area contributed by atoms with E-state index >= 15 is 0 Å². The summed E-state index contributed by atoms with van der Waals surface area (Å²) < 4.78 is 8.95. The fourth-order valence-corrected chi connectivity index (χ4v) is 15.2. The van der Waals surface area contributed by atoms with E-state index < -0.39 is 0 Å². The molecule has 0 radical (unpaired) electrons. The Labute approximate surface area is 205 Å². The number of hydrogen-bond acceptors (Lipinski definition) is 8. The molecule has 0 unspecified atom stereocenters. The van der Waals surface area contributed by atoms with E-state index in [2.05, 4.69) is 48.6 Å². The van der Waals surface area contributed by atoms with Crippen LogP contribution >= 0.6 is 94.1 Å². The van der Waals surface area contributed by atoms with E-state index in [1.54, 1.807) is 0 Å². The predicted molar refractivity (Wildman–Crippen MR) is 147 cm³/mol. The van der Waals surface area contributed by atoms with Crippen LogP contribution in [0.2, 0.25) is 0 Å². The minimum absolute atomic E-state index is 0.0664. The summed E-state index contributed by atoms with van der Waals surface area (Å²) in [6, 6.07) is 0. The molecule has 4 heterocycles. The Kier molecular flexibility index (Phi) is 6.02. The van der Waals surface area contributed by atoms with Crippen LogP contribution in [0.4, 0.5) is 0 Å². The lowest BCUT2D eigenvalue weighted by Gasteiger charge is -2.25. The molecule has 0 aromatic heterocycles. The zero-order chi connectivity index (χ0) is 19.3. The van der Waals surface area contributed by atoms with Crippen LogP contribution in [-0.2, 0) is 0 Å². The SMILES string of the molecule is C1=CC2(C=CC1=C1SC3=C(SCCS3)S1)C=CC(=C1SC3=C(SCCS3)S1)C=C2. The van der Waals surface area contributed by atoms with Crippen molar-refractivity contribution in [2.45, 2.75) is 0 Å². The summed E-state index contributed by atoms with van der Waals surface area (Å²) in [5, 5.41) is 0. The van der Waals surface area contributed by atoms with E-state index in [-0.39, 0.29) is 5.41 Å². The molecule has 0 N–H and O–H groups in total. The van der Waals surface area contributed by atoms with E-state index in [9.17, 15) is 0 Å². The monoisotopic (exact) mass is 524 g/mol. The molecule has 8 heteroatoms. The Morgan fingerprint density at radius 3 is 1.07 bits per heavy atom. The molecule has 0 saturated carbocycles. The molecule has 0 saturated heterocycles. The summed E-state index contributed by atoms with van der Waals surface area (Å²) in [5.74, 6) is 4.98. The van der Waals surface area contributed by atoms with Crippen molar-refractivity contribution in [3.05, 3.63) is 85.2 Å². The molecule has 4 aliphatic heterocycles. The van der Waals surface area contributed by atoms with Crippen molar-refractivity contribution in [1.29, 1.82) is 0 Å². The van der Waals surface area contributed by atoms with E-state index in [4.69, 9.17) is 0 Å². The lowest BCUT2D eigenvalue weighted by Crippen LogP contribution is -2.13. The number of thioether (sulfide) groups is 8. The van der Waals surface area contributed by atoms with Crippen LogP contribution in [-0.4, -0.2) is 23.0 Å². The van der Waals surface area contributed by atoms with Gasteiger partial charge in [0.25, 0.3) is 0 Å². The molecule has 6 aliphatic rings. The normalized spacial score (nSPS) is 30.9. The molecule has 0 fully saturated rings. The van der Waals surface area contributed by atoms with Gasteiger partial charge >= 0.3 is 0 Å². The maximum atomic E-state index is 2.35. The topological polar surface area (TPSA) is 0 Å². The van der Waals surface area contributed by atoms with Gasteiger partial charge in [0.1, 0.15) is 0 Å². The van der Waals surface area contributed by atoms with Crippen molar-refractivity contribution in [3.8, 4) is 0 Å². The molecule has 6 rings (SSSR count). The minimum atomic E-state index is -0.0664. The second kappa shape index (κ2) is 8.58. The van der Waals surface area contributed by atoms with Crippen LogP contribution in [0, 0.1) is 5.41 Å². The van der Waals surface area contributed by atoms with Gasteiger partial charge in [-0.05, 0) is 11.1 Å². The average Bonchev–Trinajstić information content (AvgIpc) is 3.39. The Balaban J connectivity index is 1.18. The molecule has 2 aliphatic carbocycles. The standard InChI is InChI=1S/C21H16S8/c1-5-21(6-2-13(1)15-26-17-18(27-15)23-10-9-22-17)7-3-14(4-8-21)16-28-19-20(29-16)25-12-11-24-19/h1-8H,9-12H2. The molecule has 0 bridgehead atoms. The van der Waals surface area contributed by atoms with Crippen LogP contribution in [0.15, 0.2) is 85.2 Å². The first-order valence-electron chi connectivity index (χ1n) is 9.25. The zero-order valence-electron chi connectivity index (χ0n) is 15.2. The molecule has 29 heavy (non-hydrogen) atoms. The Hall–Kier alpha value is 0.720. The van der Waals surface area contributed by atoms with Crippen LogP contribution in [0.3, 0.4) is 0 Å². The van der Waals surface area contributed by atoms with Crippen molar-refractivity contribution in [2.24, 2.45) is 5.41 Å². The first kappa shape index (κ1) is 20.3. The third-order valence-corrected chi connectivity index (χ3v) is 16.6. The number of hydrogen-bond donors (Lipinski definition) is 0. The molecular weight excluding hydrogens is 509 g/mol. The van der Waals surface area contributed by atoms with Crippen LogP contribution in [0.1, 0.15) is 0 Å². The first-order chi connectivity index (χ1) is 14.3. The van der Waals surface area contributed by atoms with Crippen molar-refractivity contribution in [3.63, 3.8) is 0 Å². The smallest absolute Gasteiger partial charge is 0.0660 e. The quantitative estimate of drug-likeness (QED) is 0.304. The van der Waals surface area contributed by atoms with Gasteiger partial charge in [0.05, 0.1) is 25.4 Å². The lowest BCUT2D eigenvalue weighted by molar-refractivity contribution is 0.802. The van der Waals surface area contributed by atoms with Gasteiger partial charge in [-0.15, -0.1) is 47.0 Å². The molecule has 0 nitrogen and oxygen atoms in total. The molecule has 0 aromatic rings. The Morgan fingerprint density at radius 1 is 0.448 bits per heavy atom. The summed E-state index contributed by atoms with van der Waals surface area (Å²) in [7, 11) is 0. The van der Waals surface area contributed by atoms with Crippen molar-refractivity contribution >= 4 is 94.1 Å². The third kappa shape index (κ3) is 4.10. The van der Waals surface area contributed by atoms with E-state index in [1.807, 2.05) is 94.1 Å². The molecular formula is C21H16S8. The van der Waals surface area contributed by atoms with Crippen LogP contribution in [0.5, 0.6) is 0 Å². The van der Waals surface area contributed by atoms with Gasteiger partial charge in [-0.25, -0.2) is 0 Å². The van der Waals surface area contributed by atoms with Crippen LogP contribution in [0.25, 0.3) is 0 Å². The maximum absolute atomic E-state index is 2.35. The summed E-state index contributed by atoms with van der Waals surface area (Å²) in [6.45, 7) is 0. The molecule has 148 valence electrons. The van der Waals surface area contributed by atoms with Gasteiger partial charge in [-0.1, -0.05) is 95.7 Å². The molecule has 0 amide bonds. The fraction of sp³-hybridized carbons (Fsp3) is 0.238. The van der Waals surface area contributed by atoms with Crippen molar-refractivity contribution in [2.75, 3.05) is 23.0 Å².